The van der Waals surface area contributed by atoms with Gasteiger partial charge in [0.2, 0.25) is 0 Å². The molecule has 1 atom stereocenters. The molecule has 3 fully saturated rings. The summed E-state index contributed by atoms with van der Waals surface area (Å²) in [6, 6.07) is 0.800. The molecule has 32 heavy (non-hydrogen) atoms. The zero-order valence-electron chi connectivity index (χ0n) is 20.8. The van der Waals surface area contributed by atoms with Crippen LogP contribution in [0.2, 0.25) is 0 Å². The van der Waals surface area contributed by atoms with Gasteiger partial charge in [-0.1, -0.05) is 70.6 Å². The monoisotopic (exact) mass is 452 g/mol. The molecule has 1 amide bonds. The first-order valence-electron chi connectivity index (χ1n) is 13.2. The summed E-state index contributed by atoms with van der Waals surface area (Å²) in [5, 5.41) is 22.6. The minimum Gasteiger partial charge on any atom is -0.480 e. The first-order chi connectivity index (χ1) is 15.2. The SMILES string of the molecule is C1CCC(NC2CCCCC2)CC1.CC(C)(C)N(C(=O)O)C(CC1CCCCC1)C(=O)O. The number of hydrogen-bond donors (Lipinski definition) is 3. The number of nitrogens with zero attached hydrogens (tertiary/aromatic N) is 1. The van der Waals surface area contributed by atoms with Gasteiger partial charge in [0.15, 0.2) is 0 Å². The summed E-state index contributed by atoms with van der Waals surface area (Å²) in [5.74, 6) is -0.707. The van der Waals surface area contributed by atoms with E-state index in [1.54, 1.807) is 20.8 Å². The summed E-state index contributed by atoms with van der Waals surface area (Å²) in [5.41, 5.74) is -0.705. The quantitative estimate of drug-likeness (QED) is 0.432. The molecule has 3 aliphatic carbocycles. The second kappa shape index (κ2) is 13.4. The van der Waals surface area contributed by atoms with Gasteiger partial charge in [0, 0.05) is 17.6 Å². The highest BCUT2D eigenvalue weighted by atomic mass is 16.4. The molecule has 0 aromatic carbocycles. The number of carboxylic acid groups (broad SMARTS) is 2. The fourth-order valence-corrected chi connectivity index (χ4v) is 5.81. The Balaban J connectivity index is 0.000000242. The summed E-state index contributed by atoms with van der Waals surface area (Å²) in [6.45, 7) is 5.20. The van der Waals surface area contributed by atoms with Crippen LogP contribution in [0.4, 0.5) is 4.79 Å². The lowest BCUT2D eigenvalue weighted by molar-refractivity contribution is -0.145. The van der Waals surface area contributed by atoms with Crippen molar-refractivity contribution in [2.24, 2.45) is 5.92 Å². The van der Waals surface area contributed by atoms with Gasteiger partial charge in [-0.2, -0.15) is 0 Å². The van der Waals surface area contributed by atoms with Crippen molar-refractivity contribution < 1.29 is 19.8 Å². The molecule has 0 aliphatic heterocycles. The van der Waals surface area contributed by atoms with Gasteiger partial charge in [-0.05, 0) is 58.8 Å². The standard InChI is InChI=1S/C14H25NO4.C12H23N/c1-14(2,3)15(13(18)19)11(12(16)17)9-10-7-5-4-6-8-10;1-3-7-11(8-4-1)13-12-9-5-2-6-10-12/h10-11H,4-9H2,1-3H3,(H,16,17)(H,18,19);11-13H,1-10H2. The molecule has 6 heteroatoms. The summed E-state index contributed by atoms with van der Waals surface area (Å²) in [4.78, 5) is 23.9. The molecular weight excluding hydrogens is 404 g/mol. The smallest absolute Gasteiger partial charge is 0.408 e. The minimum absolute atomic E-state index is 0.332. The van der Waals surface area contributed by atoms with Crippen molar-refractivity contribution in [3.05, 3.63) is 0 Å². The number of aliphatic carboxylic acids is 1. The second-order valence-electron chi connectivity index (χ2n) is 11.3. The van der Waals surface area contributed by atoms with Crippen LogP contribution < -0.4 is 5.32 Å². The lowest BCUT2D eigenvalue weighted by Gasteiger charge is -2.39. The highest BCUT2D eigenvalue weighted by Gasteiger charge is 2.38. The molecule has 0 aromatic heterocycles. The van der Waals surface area contributed by atoms with E-state index in [0.717, 1.165) is 42.7 Å². The third-order valence-electron chi connectivity index (χ3n) is 7.49. The van der Waals surface area contributed by atoms with E-state index in [-0.39, 0.29) is 0 Å². The Morgan fingerprint density at radius 3 is 1.53 bits per heavy atom. The van der Waals surface area contributed by atoms with Crippen molar-refractivity contribution in [3.63, 3.8) is 0 Å². The summed E-state index contributed by atoms with van der Waals surface area (Å²) >= 11 is 0. The van der Waals surface area contributed by atoms with E-state index in [4.69, 9.17) is 0 Å². The number of nitrogens with one attached hydrogen (secondary N) is 1. The third-order valence-corrected chi connectivity index (χ3v) is 7.49. The average Bonchev–Trinajstić information content (AvgIpc) is 2.75. The zero-order valence-corrected chi connectivity index (χ0v) is 20.8. The Kier molecular flexibility index (Phi) is 11.3. The van der Waals surface area contributed by atoms with Gasteiger partial charge < -0.3 is 15.5 Å². The number of carboxylic acids is 1. The first-order valence-corrected chi connectivity index (χ1v) is 13.2. The van der Waals surface area contributed by atoms with Crippen LogP contribution >= 0.6 is 0 Å². The van der Waals surface area contributed by atoms with Crippen molar-refractivity contribution in [3.8, 4) is 0 Å². The van der Waals surface area contributed by atoms with Gasteiger partial charge in [-0.15, -0.1) is 0 Å². The fourth-order valence-electron chi connectivity index (χ4n) is 5.81. The molecule has 3 aliphatic rings. The Labute approximate surface area is 195 Å². The highest BCUT2D eigenvalue weighted by Crippen LogP contribution is 2.31. The second-order valence-corrected chi connectivity index (χ2v) is 11.3. The normalized spacial score (nSPS) is 22.5. The highest BCUT2D eigenvalue weighted by molar-refractivity contribution is 5.79. The van der Waals surface area contributed by atoms with Crippen molar-refractivity contribution in [1.82, 2.24) is 10.2 Å². The molecule has 3 saturated carbocycles. The number of rotatable bonds is 6. The molecule has 1 unspecified atom stereocenters. The summed E-state index contributed by atoms with van der Waals surface area (Å²) < 4.78 is 0. The topological polar surface area (TPSA) is 89.9 Å². The van der Waals surface area contributed by atoms with E-state index in [1.807, 2.05) is 0 Å². The molecule has 0 radical (unpaired) electrons. The van der Waals surface area contributed by atoms with E-state index >= 15 is 0 Å². The predicted octanol–water partition coefficient (Wildman–Crippen LogP) is 6.43. The van der Waals surface area contributed by atoms with Gasteiger partial charge in [0.25, 0.3) is 0 Å². The lowest BCUT2D eigenvalue weighted by atomic mass is 9.84. The van der Waals surface area contributed by atoms with Gasteiger partial charge in [-0.3, -0.25) is 4.90 Å². The molecule has 0 bridgehead atoms. The van der Waals surface area contributed by atoms with Crippen molar-refractivity contribution in [2.45, 2.75) is 147 Å². The van der Waals surface area contributed by atoms with Crippen LogP contribution in [0.15, 0.2) is 0 Å². The Morgan fingerprint density at radius 1 is 0.781 bits per heavy atom. The lowest BCUT2D eigenvalue weighted by Crippen LogP contribution is -2.54. The van der Waals surface area contributed by atoms with E-state index in [1.165, 1.54) is 70.6 Å². The van der Waals surface area contributed by atoms with E-state index in [0.29, 0.717) is 12.3 Å². The van der Waals surface area contributed by atoms with Crippen LogP contribution in [0.25, 0.3) is 0 Å². The van der Waals surface area contributed by atoms with Crippen molar-refractivity contribution >= 4 is 12.1 Å². The van der Waals surface area contributed by atoms with Gasteiger partial charge in [0.1, 0.15) is 6.04 Å². The molecule has 3 rings (SSSR count). The largest absolute Gasteiger partial charge is 0.480 e. The minimum atomic E-state index is -1.16. The zero-order chi connectivity index (χ0) is 23.6. The third kappa shape index (κ3) is 9.29. The molecule has 0 saturated heterocycles. The van der Waals surface area contributed by atoms with Crippen molar-refractivity contribution in [1.29, 1.82) is 0 Å². The van der Waals surface area contributed by atoms with E-state index in [2.05, 4.69) is 5.32 Å². The first kappa shape index (κ1) is 26.9. The molecule has 3 N–H and O–H groups in total. The average molecular weight is 453 g/mol. The molecule has 0 heterocycles. The number of amides is 1. The Hall–Kier alpha value is -1.30. The molecule has 0 aromatic rings. The van der Waals surface area contributed by atoms with Crippen LogP contribution in [0.5, 0.6) is 0 Å². The van der Waals surface area contributed by atoms with E-state index in [9.17, 15) is 19.8 Å². The molecule has 186 valence electrons. The number of hydrogen-bond acceptors (Lipinski definition) is 3. The maximum absolute atomic E-state index is 11.5. The fraction of sp³-hybridized carbons (Fsp3) is 0.923. The molecule has 6 nitrogen and oxygen atoms in total. The van der Waals surface area contributed by atoms with Crippen LogP contribution in [-0.4, -0.2) is 50.8 Å². The van der Waals surface area contributed by atoms with Crippen LogP contribution in [0.1, 0.15) is 124 Å². The molecular formula is C26H48N2O4. The Morgan fingerprint density at radius 2 is 1.19 bits per heavy atom. The molecule has 0 spiro atoms. The van der Waals surface area contributed by atoms with Crippen molar-refractivity contribution in [2.75, 3.05) is 0 Å². The van der Waals surface area contributed by atoms with Crippen LogP contribution in [0.3, 0.4) is 0 Å². The van der Waals surface area contributed by atoms with Crippen LogP contribution in [0, 0.1) is 5.92 Å². The maximum Gasteiger partial charge on any atom is 0.408 e. The van der Waals surface area contributed by atoms with Gasteiger partial charge in [0.05, 0.1) is 0 Å². The summed E-state index contributed by atoms with van der Waals surface area (Å²) in [6.07, 6.45) is 19.3. The Bertz CT molecular complexity index is 541. The van der Waals surface area contributed by atoms with Crippen LogP contribution in [-0.2, 0) is 4.79 Å². The maximum atomic E-state index is 11.5. The van der Waals surface area contributed by atoms with Gasteiger partial charge >= 0.3 is 12.1 Å². The predicted molar refractivity (Wildman–Crippen MR) is 129 cm³/mol. The summed E-state index contributed by atoms with van der Waals surface area (Å²) in [7, 11) is 0. The van der Waals surface area contributed by atoms with Gasteiger partial charge in [-0.25, -0.2) is 9.59 Å². The number of carbonyl (C=O) groups is 2. The van der Waals surface area contributed by atoms with E-state index < -0.39 is 23.6 Å².